The highest BCUT2D eigenvalue weighted by atomic mass is 79.9. The van der Waals surface area contributed by atoms with Crippen LogP contribution in [-0.2, 0) is 24.5 Å². The molecule has 1 aromatic carbocycles. The Kier molecular flexibility index (Phi) is 5.63. The van der Waals surface area contributed by atoms with Crippen LogP contribution in [0.4, 0.5) is 0 Å². The van der Waals surface area contributed by atoms with Gasteiger partial charge in [0.05, 0.1) is 13.2 Å². The van der Waals surface area contributed by atoms with Gasteiger partial charge in [0.1, 0.15) is 18.1 Å². The molecule has 1 N–H and O–H groups in total. The molecule has 0 bridgehead atoms. The minimum absolute atomic E-state index is 0.499. The predicted molar refractivity (Wildman–Crippen MR) is 78.7 cm³/mol. The Morgan fingerprint density at radius 2 is 2.00 bits per heavy atom. The highest BCUT2D eigenvalue weighted by Crippen LogP contribution is 2.14. The molecule has 0 aliphatic rings. The zero-order valence-electron chi connectivity index (χ0n) is 11.0. The molecular formula is C15H18BrNO2. The fraction of sp³-hybridized carbons (Fsp3) is 0.333. The van der Waals surface area contributed by atoms with Crippen molar-refractivity contribution in [1.29, 1.82) is 0 Å². The monoisotopic (exact) mass is 323 g/mol. The van der Waals surface area contributed by atoms with Crippen LogP contribution >= 0.6 is 15.9 Å². The van der Waals surface area contributed by atoms with Crippen LogP contribution < -0.4 is 5.32 Å². The fourth-order valence-electron chi connectivity index (χ4n) is 1.74. The van der Waals surface area contributed by atoms with Crippen molar-refractivity contribution in [3.05, 3.63) is 58.0 Å². The molecule has 0 fully saturated rings. The summed E-state index contributed by atoms with van der Waals surface area (Å²) in [6.45, 7) is 4.86. The number of benzene rings is 1. The van der Waals surface area contributed by atoms with E-state index in [1.54, 1.807) is 0 Å². The van der Waals surface area contributed by atoms with Crippen LogP contribution in [-0.4, -0.2) is 6.54 Å². The molecule has 0 aliphatic carbocycles. The molecule has 102 valence electrons. The molecule has 1 aromatic heterocycles. The molecule has 2 rings (SSSR count). The first-order chi connectivity index (χ1) is 9.28. The van der Waals surface area contributed by atoms with Crippen LogP contribution in [0.3, 0.4) is 0 Å². The van der Waals surface area contributed by atoms with Crippen molar-refractivity contribution in [1.82, 2.24) is 5.32 Å². The van der Waals surface area contributed by atoms with Gasteiger partial charge in [-0.3, -0.25) is 0 Å². The van der Waals surface area contributed by atoms with Gasteiger partial charge in [-0.15, -0.1) is 0 Å². The first kappa shape index (κ1) is 14.3. The third kappa shape index (κ3) is 4.82. The number of halogens is 1. The summed E-state index contributed by atoms with van der Waals surface area (Å²) in [5, 5.41) is 3.23. The molecule has 1 heterocycles. The first-order valence-electron chi connectivity index (χ1n) is 6.38. The van der Waals surface area contributed by atoms with E-state index in [2.05, 4.69) is 34.2 Å². The number of rotatable bonds is 7. The summed E-state index contributed by atoms with van der Waals surface area (Å²) in [7, 11) is 0. The van der Waals surface area contributed by atoms with Gasteiger partial charge in [-0.2, -0.15) is 0 Å². The normalized spacial score (nSPS) is 10.8. The van der Waals surface area contributed by atoms with E-state index in [0.717, 1.165) is 34.6 Å². The van der Waals surface area contributed by atoms with E-state index >= 15 is 0 Å². The molecule has 19 heavy (non-hydrogen) atoms. The lowest BCUT2D eigenvalue weighted by Crippen LogP contribution is -2.10. The molecule has 3 nitrogen and oxygen atoms in total. The Hall–Kier alpha value is -1.10. The van der Waals surface area contributed by atoms with Gasteiger partial charge in [0.25, 0.3) is 0 Å². The maximum absolute atomic E-state index is 5.65. The Balaban J connectivity index is 1.77. The Labute approximate surface area is 122 Å². The van der Waals surface area contributed by atoms with E-state index in [1.165, 1.54) is 0 Å². The maximum Gasteiger partial charge on any atom is 0.129 e. The van der Waals surface area contributed by atoms with Crippen molar-refractivity contribution in [2.45, 2.75) is 26.7 Å². The van der Waals surface area contributed by atoms with Gasteiger partial charge in [-0.1, -0.05) is 35.0 Å². The molecule has 2 aromatic rings. The lowest BCUT2D eigenvalue weighted by Gasteiger charge is -2.03. The van der Waals surface area contributed by atoms with Gasteiger partial charge in [0.15, 0.2) is 0 Å². The van der Waals surface area contributed by atoms with Crippen molar-refractivity contribution in [2.24, 2.45) is 0 Å². The second kappa shape index (κ2) is 7.48. The summed E-state index contributed by atoms with van der Waals surface area (Å²) >= 11 is 3.45. The number of hydrogen-bond donors (Lipinski definition) is 1. The molecule has 0 amide bonds. The summed E-state index contributed by atoms with van der Waals surface area (Å²) in [4.78, 5) is 0. The second-order valence-corrected chi connectivity index (χ2v) is 5.19. The summed E-state index contributed by atoms with van der Waals surface area (Å²) in [6, 6.07) is 12.1. The number of hydrogen-bond acceptors (Lipinski definition) is 3. The Morgan fingerprint density at radius 1 is 1.16 bits per heavy atom. The molecule has 0 atom stereocenters. The molecule has 0 aliphatic heterocycles. The van der Waals surface area contributed by atoms with E-state index in [9.17, 15) is 0 Å². The van der Waals surface area contributed by atoms with E-state index in [0.29, 0.717) is 13.2 Å². The van der Waals surface area contributed by atoms with E-state index in [4.69, 9.17) is 9.15 Å². The van der Waals surface area contributed by atoms with Crippen LogP contribution in [0.5, 0.6) is 0 Å². The van der Waals surface area contributed by atoms with E-state index in [1.807, 2.05) is 30.3 Å². The third-order valence-corrected chi connectivity index (χ3v) is 3.16. The van der Waals surface area contributed by atoms with Crippen LogP contribution in [0.2, 0.25) is 0 Å². The molecule has 0 spiro atoms. The molecular weight excluding hydrogens is 306 g/mol. The largest absolute Gasteiger partial charge is 0.462 e. The first-order valence-corrected chi connectivity index (χ1v) is 7.17. The molecule has 0 saturated carbocycles. The standard InChI is InChI=1S/C15H18BrNO2/c1-2-17-9-14-6-7-15(19-14)11-18-10-12-4-3-5-13(16)8-12/h3-8,17H,2,9-11H2,1H3. The summed E-state index contributed by atoms with van der Waals surface area (Å²) in [5.41, 5.74) is 1.15. The Morgan fingerprint density at radius 3 is 2.79 bits per heavy atom. The third-order valence-electron chi connectivity index (χ3n) is 2.67. The smallest absolute Gasteiger partial charge is 0.129 e. The quantitative estimate of drug-likeness (QED) is 0.840. The van der Waals surface area contributed by atoms with Crippen molar-refractivity contribution >= 4 is 15.9 Å². The van der Waals surface area contributed by atoms with Crippen molar-refractivity contribution < 1.29 is 9.15 Å². The van der Waals surface area contributed by atoms with Gasteiger partial charge < -0.3 is 14.5 Å². The predicted octanol–water partition coefficient (Wildman–Crippen LogP) is 3.87. The van der Waals surface area contributed by atoms with Gasteiger partial charge in [-0.05, 0) is 36.4 Å². The maximum atomic E-state index is 5.65. The SMILES string of the molecule is CCNCc1ccc(COCc2cccc(Br)c2)o1. The fourth-order valence-corrected chi connectivity index (χ4v) is 2.19. The topological polar surface area (TPSA) is 34.4 Å². The highest BCUT2D eigenvalue weighted by Gasteiger charge is 2.02. The van der Waals surface area contributed by atoms with Crippen LogP contribution in [0.25, 0.3) is 0 Å². The van der Waals surface area contributed by atoms with E-state index in [-0.39, 0.29) is 0 Å². The average Bonchev–Trinajstić information content (AvgIpc) is 2.84. The zero-order valence-corrected chi connectivity index (χ0v) is 12.6. The second-order valence-electron chi connectivity index (χ2n) is 4.27. The number of furan rings is 1. The van der Waals surface area contributed by atoms with Crippen molar-refractivity contribution in [3.63, 3.8) is 0 Å². The Bertz CT molecular complexity index is 510. The minimum Gasteiger partial charge on any atom is -0.462 e. The van der Waals surface area contributed by atoms with Crippen LogP contribution in [0.1, 0.15) is 24.0 Å². The van der Waals surface area contributed by atoms with Gasteiger partial charge >= 0.3 is 0 Å². The summed E-state index contributed by atoms with van der Waals surface area (Å²) in [5.74, 6) is 1.81. The van der Waals surface area contributed by atoms with Gasteiger partial charge in [0, 0.05) is 4.47 Å². The number of ether oxygens (including phenoxy) is 1. The van der Waals surface area contributed by atoms with Gasteiger partial charge in [0.2, 0.25) is 0 Å². The van der Waals surface area contributed by atoms with Crippen LogP contribution in [0.15, 0.2) is 45.3 Å². The molecule has 0 unspecified atom stereocenters. The van der Waals surface area contributed by atoms with Crippen molar-refractivity contribution in [2.75, 3.05) is 6.54 Å². The summed E-state index contributed by atoms with van der Waals surface area (Å²) < 4.78 is 12.4. The van der Waals surface area contributed by atoms with Crippen molar-refractivity contribution in [3.8, 4) is 0 Å². The highest BCUT2D eigenvalue weighted by molar-refractivity contribution is 9.10. The lowest BCUT2D eigenvalue weighted by atomic mass is 10.2. The summed E-state index contributed by atoms with van der Waals surface area (Å²) in [6.07, 6.45) is 0. The van der Waals surface area contributed by atoms with E-state index < -0.39 is 0 Å². The van der Waals surface area contributed by atoms with Gasteiger partial charge in [-0.25, -0.2) is 0 Å². The average molecular weight is 324 g/mol. The number of nitrogens with one attached hydrogen (secondary N) is 1. The molecule has 4 heteroatoms. The van der Waals surface area contributed by atoms with Crippen LogP contribution in [0, 0.1) is 0 Å². The minimum atomic E-state index is 0.499. The molecule has 0 radical (unpaired) electrons. The zero-order chi connectivity index (χ0) is 13.5. The molecule has 0 saturated heterocycles. The lowest BCUT2D eigenvalue weighted by molar-refractivity contribution is 0.0919.